The Morgan fingerprint density at radius 3 is 1.89 bits per heavy atom. The number of hydrogen-bond donors (Lipinski definition) is 1. The third kappa shape index (κ3) is 4.89. The van der Waals surface area contributed by atoms with Crippen molar-refractivity contribution in [2.75, 3.05) is 70.3 Å². The molecule has 0 aromatic heterocycles. The maximum atomic E-state index is 12.7. The van der Waals surface area contributed by atoms with Gasteiger partial charge >= 0.3 is 0 Å². The van der Waals surface area contributed by atoms with Crippen molar-refractivity contribution in [2.45, 2.75) is 39.5 Å². The van der Waals surface area contributed by atoms with E-state index < -0.39 is 0 Å². The number of rotatable bonds is 7. The normalized spacial score (nSPS) is 19.5. The van der Waals surface area contributed by atoms with Crippen LogP contribution in [0.25, 0.3) is 0 Å². The van der Waals surface area contributed by atoms with E-state index in [4.69, 9.17) is 0 Å². The molecule has 0 unspecified atom stereocenters. The first-order valence-electron chi connectivity index (χ1n) is 10.5. The monoisotopic (exact) mass is 380 g/mol. The lowest BCUT2D eigenvalue weighted by molar-refractivity contribution is 0.218. The van der Waals surface area contributed by atoms with Crippen molar-refractivity contribution < 1.29 is 10.6 Å². The quantitative estimate of drug-likeness (QED) is 0.684. The fraction of sp³-hybridized carbons (Fsp3) is 0.800. The van der Waals surface area contributed by atoms with Crippen molar-refractivity contribution in [3.05, 3.63) is 15.6 Å². The van der Waals surface area contributed by atoms with E-state index in [9.17, 15) is 9.90 Å². The van der Waals surface area contributed by atoms with Crippen LogP contribution in [-0.4, -0.2) is 85.8 Å². The summed E-state index contributed by atoms with van der Waals surface area (Å²) in [7, 11) is 0. The predicted octanol–water partition coefficient (Wildman–Crippen LogP) is 0.261. The second-order valence-corrected chi connectivity index (χ2v) is 7.74. The van der Waals surface area contributed by atoms with Crippen molar-refractivity contribution in [3.63, 3.8) is 0 Å². The molecule has 0 amide bonds. The van der Waals surface area contributed by atoms with Crippen molar-refractivity contribution >= 4 is 5.69 Å². The molecule has 2 fully saturated rings. The van der Waals surface area contributed by atoms with Gasteiger partial charge in [-0.15, -0.1) is 0 Å². The zero-order valence-corrected chi connectivity index (χ0v) is 17.0. The molecule has 0 spiro atoms. The molecule has 2 aliphatic heterocycles. The molecule has 7 heteroatoms. The van der Waals surface area contributed by atoms with Gasteiger partial charge in [-0.25, -0.2) is 4.58 Å². The number of unbranched alkanes of at least 4 members (excludes halogenated alkanes) is 2. The molecule has 154 valence electrons. The average Bonchev–Trinajstić information content (AvgIpc) is 2.67. The van der Waals surface area contributed by atoms with Gasteiger partial charge in [0, 0.05) is 26.2 Å². The molecule has 0 aliphatic carbocycles. The first-order chi connectivity index (χ1) is 12.7. The number of hydrogen-bond acceptors (Lipinski definition) is 6. The zero-order valence-electron chi connectivity index (χ0n) is 17.0. The first kappa shape index (κ1) is 21.9. The molecule has 0 saturated carbocycles. The molecule has 27 heavy (non-hydrogen) atoms. The van der Waals surface area contributed by atoms with Crippen LogP contribution >= 0.6 is 0 Å². The van der Waals surface area contributed by atoms with Gasteiger partial charge in [0.1, 0.15) is 5.69 Å². The number of aromatic hydroxyl groups is 1. The minimum atomic E-state index is 0. The summed E-state index contributed by atoms with van der Waals surface area (Å²) in [6.45, 7) is 14.0. The SMILES string of the molecule is CCCCN1CCN(c2c(O)c(=[N+]3CCN(CCCC)CC3)c2=O)CC1.[OH-]. The van der Waals surface area contributed by atoms with E-state index in [1.54, 1.807) is 0 Å². The van der Waals surface area contributed by atoms with E-state index in [-0.39, 0.29) is 16.7 Å². The lowest BCUT2D eigenvalue weighted by atomic mass is 10.1. The van der Waals surface area contributed by atoms with Gasteiger partial charge in [-0.1, -0.05) is 26.7 Å². The Kier molecular flexibility index (Phi) is 8.26. The van der Waals surface area contributed by atoms with Crippen LogP contribution in [0.1, 0.15) is 39.5 Å². The van der Waals surface area contributed by atoms with E-state index in [0.29, 0.717) is 11.0 Å². The summed E-state index contributed by atoms with van der Waals surface area (Å²) in [5, 5.41) is 11.1. The average molecular weight is 381 g/mol. The molecule has 0 atom stereocenters. The van der Waals surface area contributed by atoms with Crippen LogP contribution < -0.4 is 20.3 Å². The summed E-state index contributed by atoms with van der Waals surface area (Å²) in [4.78, 5) is 19.7. The Hall–Kier alpha value is -1.44. The van der Waals surface area contributed by atoms with E-state index >= 15 is 0 Å². The lowest BCUT2D eigenvalue weighted by Crippen LogP contribution is -2.56. The first-order valence-corrected chi connectivity index (χ1v) is 10.5. The van der Waals surface area contributed by atoms with Gasteiger partial charge in [-0.05, 0) is 25.9 Å². The minimum absolute atomic E-state index is 0. The lowest BCUT2D eigenvalue weighted by Gasteiger charge is -2.36. The number of piperazine rings is 2. The molecule has 2 N–H and O–H groups in total. The van der Waals surface area contributed by atoms with Crippen LogP contribution in [0.3, 0.4) is 0 Å². The Bertz CT molecular complexity index is 663. The Balaban J connectivity index is 0.00000261. The number of anilines is 1. The van der Waals surface area contributed by atoms with Gasteiger partial charge in [0.05, 0.1) is 13.1 Å². The summed E-state index contributed by atoms with van der Waals surface area (Å²) in [5.41, 5.74) is 0.607. The summed E-state index contributed by atoms with van der Waals surface area (Å²) in [6.07, 6.45) is 4.90. The topological polar surface area (TPSA) is 80.0 Å². The molecule has 1 aromatic rings. The van der Waals surface area contributed by atoms with Gasteiger partial charge in [0.25, 0.3) is 10.8 Å². The van der Waals surface area contributed by atoms with Crippen molar-refractivity contribution in [1.82, 2.24) is 14.4 Å². The van der Waals surface area contributed by atoms with Crippen LogP contribution in [0.5, 0.6) is 5.75 Å². The van der Waals surface area contributed by atoms with Gasteiger partial charge < -0.3 is 15.5 Å². The summed E-state index contributed by atoms with van der Waals surface area (Å²) >= 11 is 0. The minimum Gasteiger partial charge on any atom is -0.870 e. The van der Waals surface area contributed by atoms with Crippen LogP contribution in [0.2, 0.25) is 0 Å². The fourth-order valence-corrected chi connectivity index (χ4v) is 4.12. The Morgan fingerprint density at radius 2 is 1.41 bits per heavy atom. The molecule has 3 rings (SSSR count). The van der Waals surface area contributed by atoms with Gasteiger partial charge in [0.2, 0.25) is 5.75 Å². The molecular weight excluding hydrogens is 344 g/mol. The highest BCUT2D eigenvalue weighted by atomic mass is 16.3. The van der Waals surface area contributed by atoms with E-state index in [0.717, 1.165) is 65.4 Å². The highest BCUT2D eigenvalue weighted by Gasteiger charge is 2.33. The maximum absolute atomic E-state index is 12.7. The predicted molar refractivity (Wildman–Crippen MR) is 109 cm³/mol. The second-order valence-electron chi connectivity index (χ2n) is 7.74. The molecule has 2 saturated heterocycles. The molecule has 1 aromatic carbocycles. The Morgan fingerprint density at radius 1 is 0.889 bits per heavy atom. The molecule has 2 heterocycles. The van der Waals surface area contributed by atoms with Gasteiger partial charge in [-0.2, -0.15) is 0 Å². The molecule has 7 nitrogen and oxygen atoms in total. The largest absolute Gasteiger partial charge is 0.870 e. The fourth-order valence-electron chi connectivity index (χ4n) is 4.12. The van der Waals surface area contributed by atoms with Crippen LogP contribution in [0.4, 0.5) is 5.69 Å². The van der Waals surface area contributed by atoms with E-state index in [2.05, 4.69) is 33.1 Å². The van der Waals surface area contributed by atoms with Gasteiger partial charge in [0.15, 0.2) is 13.1 Å². The summed E-state index contributed by atoms with van der Waals surface area (Å²) < 4.78 is 2.08. The number of nitrogens with zero attached hydrogens (tertiary/aromatic N) is 4. The summed E-state index contributed by atoms with van der Waals surface area (Å²) in [6, 6.07) is 0. The van der Waals surface area contributed by atoms with E-state index in [1.807, 2.05) is 0 Å². The zero-order chi connectivity index (χ0) is 18.5. The van der Waals surface area contributed by atoms with Gasteiger partial charge in [-0.3, -0.25) is 14.6 Å². The van der Waals surface area contributed by atoms with Crippen molar-refractivity contribution in [1.29, 1.82) is 0 Å². The maximum Gasteiger partial charge on any atom is 0.294 e. The van der Waals surface area contributed by atoms with Crippen LogP contribution in [0.15, 0.2) is 4.79 Å². The van der Waals surface area contributed by atoms with E-state index in [1.165, 1.54) is 25.7 Å². The van der Waals surface area contributed by atoms with Crippen molar-refractivity contribution in [3.8, 4) is 5.75 Å². The standard InChI is InChI=1S/C20H34N4O2.H2O/c1-3-5-7-21-9-13-23(14-10-21)17-19(25)18(20(17)26)24-15-11-22(12-16-24)8-6-4-2;/h3-16H2,1-2H3;1H2. The van der Waals surface area contributed by atoms with Crippen LogP contribution in [0, 0.1) is 0 Å². The molecular formula is C20H36N4O3. The smallest absolute Gasteiger partial charge is 0.294 e. The highest BCUT2D eigenvalue weighted by Crippen LogP contribution is 2.22. The molecule has 2 aliphatic rings. The molecule has 0 radical (unpaired) electrons. The van der Waals surface area contributed by atoms with Crippen molar-refractivity contribution in [2.24, 2.45) is 0 Å². The van der Waals surface area contributed by atoms with Crippen LogP contribution in [-0.2, 0) is 0 Å². The third-order valence-electron chi connectivity index (χ3n) is 5.91. The summed E-state index contributed by atoms with van der Waals surface area (Å²) in [5.74, 6) is 0.235. The Labute approximate surface area is 162 Å². The highest BCUT2D eigenvalue weighted by molar-refractivity contribution is 5.63. The third-order valence-corrected chi connectivity index (χ3v) is 5.91. The molecule has 0 bridgehead atoms. The second kappa shape index (κ2) is 10.2.